The molecule has 0 aliphatic carbocycles. The Labute approximate surface area is 106 Å². The lowest BCUT2D eigenvalue weighted by Crippen LogP contribution is -2.05. The summed E-state index contributed by atoms with van der Waals surface area (Å²) in [7, 11) is 0. The molecule has 18 heavy (non-hydrogen) atoms. The van der Waals surface area contributed by atoms with Crippen LogP contribution in [0.15, 0.2) is 60.8 Å². The fraction of sp³-hybridized carbons (Fsp3) is 0.125. The zero-order valence-corrected chi connectivity index (χ0v) is 10.0. The van der Waals surface area contributed by atoms with Crippen LogP contribution in [-0.4, -0.2) is 16.7 Å². The molecule has 1 atom stereocenters. The van der Waals surface area contributed by atoms with E-state index in [1.165, 1.54) is 5.39 Å². The highest BCUT2D eigenvalue weighted by molar-refractivity contribution is 5.84. The van der Waals surface area contributed by atoms with E-state index in [0.29, 0.717) is 0 Å². The molecule has 0 saturated carbocycles. The third kappa shape index (κ3) is 1.81. The Balaban J connectivity index is 2.12. The minimum Gasteiger partial charge on any atom is -0.395 e. The van der Waals surface area contributed by atoms with Gasteiger partial charge in [0.25, 0.3) is 0 Å². The van der Waals surface area contributed by atoms with Gasteiger partial charge in [-0.1, -0.05) is 48.5 Å². The molecule has 0 fully saturated rings. The second-order valence-electron chi connectivity index (χ2n) is 4.44. The van der Waals surface area contributed by atoms with Crippen LogP contribution in [0.25, 0.3) is 10.9 Å². The highest BCUT2D eigenvalue weighted by Crippen LogP contribution is 2.30. The minimum atomic E-state index is 0.0300. The molecule has 0 bridgehead atoms. The lowest BCUT2D eigenvalue weighted by Gasteiger charge is -2.13. The molecule has 0 amide bonds. The zero-order chi connectivity index (χ0) is 12.4. The summed E-state index contributed by atoms with van der Waals surface area (Å²) < 4.78 is 0. The second kappa shape index (κ2) is 4.67. The topological polar surface area (TPSA) is 36.0 Å². The van der Waals surface area contributed by atoms with Gasteiger partial charge >= 0.3 is 0 Å². The van der Waals surface area contributed by atoms with Crippen LogP contribution in [0.5, 0.6) is 0 Å². The van der Waals surface area contributed by atoms with Crippen molar-refractivity contribution in [2.24, 2.45) is 0 Å². The van der Waals surface area contributed by atoms with Crippen LogP contribution < -0.4 is 0 Å². The number of aromatic amines is 1. The first-order valence-corrected chi connectivity index (χ1v) is 6.12. The number of nitrogens with one attached hydrogen (secondary N) is 1. The first-order chi connectivity index (χ1) is 8.90. The van der Waals surface area contributed by atoms with Crippen molar-refractivity contribution in [3.05, 3.63) is 71.9 Å². The van der Waals surface area contributed by atoms with Gasteiger partial charge < -0.3 is 10.1 Å². The van der Waals surface area contributed by atoms with Crippen LogP contribution in [0.4, 0.5) is 0 Å². The molecule has 0 unspecified atom stereocenters. The fourth-order valence-electron chi connectivity index (χ4n) is 2.45. The van der Waals surface area contributed by atoms with Gasteiger partial charge in [0.15, 0.2) is 0 Å². The van der Waals surface area contributed by atoms with Gasteiger partial charge in [0.05, 0.1) is 6.61 Å². The predicted octanol–water partition coefficient (Wildman–Crippen LogP) is 3.29. The average molecular weight is 237 g/mol. The highest BCUT2D eigenvalue weighted by atomic mass is 16.3. The minimum absolute atomic E-state index is 0.0300. The molecule has 2 nitrogen and oxygen atoms in total. The van der Waals surface area contributed by atoms with Crippen LogP contribution >= 0.6 is 0 Å². The fourth-order valence-corrected chi connectivity index (χ4v) is 2.45. The van der Waals surface area contributed by atoms with E-state index in [0.717, 1.165) is 16.6 Å². The molecular formula is C16H15NO. The van der Waals surface area contributed by atoms with Crippen molar-refractivity contribution >= 4 is 10.9 Å². The van der Waals surface area contributed by atoms with E-state index >= 15 is 0 Å². The number of rotatable bonds is 3. The summed E-state index contributed by atoms with van der Waals surface area (Å²) in [6.07, 6.45) is 2.00. The molecule has 1 heterocycles. The molecule has 2 heteroatoms. The second-order valence-corrected chi connectivity index (χ2v) is 4.44. The summed E-state index contributed by atoms with van der Waals surface area (Å²) in [4.78, 5) is 3.26. The number of hydrogen-bond acceptors (Lipinski definition) is 1. The monoisotopic (exact) mass is 237 g/mol. The molecule has 2 N–H and O–H groups in total. The van der Waals surface area contributed by atoms with Crippen LogP contribution in [0, 0.1) is 0 Å². The van der Waals surface area contributed by atoms with E-state index in [4.69, 9.17) is 0 Å². The Morgan fingerprint density at radius 2 is 1.67 bits per heavy atom. The number of aliphatic hydroxyl groups is 1. The van der Waals surface area contributed by atoms with E-state index in [1.54, 1.807) is 0 Å². The Hall–Kier alpha value is -2.06. The van der Waals surface area contributed by atoms with Crippen LogP contribution in [0.3, 0.4) is 0 Å². The van der Waals surface area contributed by atoms with E-state index in [1.807, 2.05) is 36.5 Å². The number of aromatic nitrogens is 1. The first-order valence-electron chi connectivity index (χ1n) is 6.12. The molecular weight excluding hydrogens is 222 g/mol. The quantitative estimate of drug-likeness (QED) is 0.720. The number of H-pyrrole nitrogens is 1. The molecule has 0 saturated heterocycles. The summed E-state index contributed by atoms with van der Waals surface area (Å²) >= 11 is 0. The highest BCUT2D eigenvalue weighted by Gasteiger charge is 2.16. The van der Waals surface area contributed by atoms with Gasteiger partial charge in [-0.25, -0.2) is 0 Å². The van der Waals surface area contributed by atoms with Gasteiger partial charge in [0, 0.05) is 23.0 Å². The van der Waals surface area contributed by atoms with Crippen LogP contribution in [0.2, 0.25) is 0 Å². The maximum absolute atomic E-state index is 9.70. The van der Waals surface area contributed by atoms with Crippen molar-refractivity contribution in [2.45, 2.75) is 5.92 Å². The summed E-state index contributed by atoms with van der Waals surface area (Å²) in [6, 6.07) is 18.3. The Bertz CT molecular complexity index is 642. The van der Waals surface area contributed by atoms with Crippen molar-refractivity contribution in [1.82, 2.24) is 4.98 Å². The number of fused-ring (bicyclic) bond motifs is 1. The molecule has 0 radical (unpaired) electrons. The number of benzene rings is 2. The standard InChI is InChI=1S/C16H15NO/c18-11-15(12-6-2-1-3-7-12)14-10-17-16-9-5-4-8-13(14)16/h1-10,15,17-18H,11H2/t15-/m1/s1. The van der Waals surface area contributed by atoms with Crippen LogP contribution in [-0.2, 0) is 0 Å². The summed E-state index contributed by atoms with van der Waals surface area (Å²) in [5, 5.41) is 10.9. The van der Waals surface area contributed by atoms with Crippen molar-refractivity contribution in [1.29, 1.82) is 0 Å². The summed E-state index contributed by atoms with van der Waals surface area (Å²) in [5.41, 5.74) is 3.41. The number of para-hydroxylation sites is 1. The third-order valence-electron chi connectivity index (χ3n) is 3.38. The molecule has 0 spiro atoms. The molecule has 3 rings (SSSR count). The zero-order valence-electron chi connectivity index (χ0n) is 10.0. The van der Waals surface area contributed by atoms with Gasteiger partial charge in [-0.3, -0.25) is 0 Å². The van der Waals surface area contributed by atoms with E-state index in [2.05, 4.69) is 29.2 Å². The predicted molar refractivity (Wildman–Crippen MR) is 73.7 cm³/mol. The van der Waals surface area contributed by atoms with Crippen molar-refractivity contribution in [3.8, 4) is 0 Å². The Morgan fingerprint density at radius 1 is 0.944 bits per heavy atom. The van der Waals surface area contributed by atoms with E-state index in [9.17, 15) is 5.11 Å². The maximum atomic E-state index is 9.70. The smallest absolute Gasteiger partial charge is 0.0541 e. The van der Waals surface area contributed by atoms with Crippen molar-refractivity contribution < 1.29 is 5.11 Å². The van der Waals surface area contributed by atoms with E-state index in [-0.39, 0.29) is 12.5 Å². The molecule has 1 aromatic heterocycles. The first kappa shape index (κ1) is 11.1. The lowest BCUT2D eigenvalue weighted by atomic mass is 9.92. The molecule has 0 aliphatic heterocycles. The molecule has 90 valence electrons. The molecule has 0 aliphatic rings. The summed E-state index contributed by atoms with van der Waals surface area (Å²) in [6.45, 7) is 0.117. The van der Waals surface area contributed by atoms with Crippen molar-refractivity contribution in [2.75, 3.05) is 6.61 Å². The SMILES string of the molecule is OC[C@H](c1ccccc1)c1c[nH]c2ccccc12. The van der Waals surface area contributed by atoms with Gasteiger partial charge in [-0.15, -0.1) is 0 Å². The molecule has 2 aromatic carbocycles. The van der Waals surface area contributed by atoms with Crippen LogP contribution in [0.1, 0.15) is 17.0 Å². The normalized spacial score (nSPS) is 12.7. The third-order valence-corrected chi connectivity index (χ3v) is 3.38. The Kier molecular flexibility index (Phi) is 2.87. The number of hydrogen-bond donors (Lipinski definition) is 2. The Morgan fingerprint density at radius 3 is 2.44 bits per heavy atom. The summed E-state index contributed by atoms with van der Waals surface area (Å²) in [5.74, 6) is 0.0300. The van der Waals surface area contributed by atoms with Gasteiger partial charge in [-0.05, 0) is 17.2 Å². The maximum Gasteiger partial charge on any atom is 0.0541 e. The lowest BCUT2D eigenvalue weighted by molar-refractivity contribution is 0.281. The molecule has 3 aromatic rings. The van der Waals surface area contributed by atoms with Crippen molar-refractivity contribution in [3.63, 3.8) is 0 Å². The van der Waals surface area contributed by atoms with Gasteiger partial charge in [-0.2, -0.15) is 0 Å². The largest absolute Gasteiger partial charge is 0.395 e. The van der Waals surface area contributed by atoms with Gasteiger partial charge in [0.1, 0.15) is 0 Å². The average Bonchev–Trinajstić information content (AvgIpc) is 2.85. The number of aliphatic hydroxyl groups excluding tert-OH is 1. The van der Waals surface area contributed by atoms with Gasteiger partial charge in [0.2, 0.25) is 0 Å². The van der Waals surface area contributed by atoms with E-state index < -0.39 is 0 Å².